The summed E-state index contributed by atoms with van der Waals surface area (Å²) in [7, 11) is -2.07. The van der Waals surface area contributed by atoms with Gasteiger partial charge in [0.05, 0.1) is 0 Å². The van der Waals surface area contributed by atoms with Crippen molar-refractivity contribution >= 4 is 8.56 Å². The Bertz CT molecular complexity index is 217. The summed E-state index contributed by atoms with van der Waals surface area (Å²) in [5, 5.41) is 0. The topological polar surface area (TPSA) is 18.5 Å². The Labute approximate surface area is 115 Å². The minimum atomic E-state index is -2.07. The summed E-state index contributed by atoms with van der Waals surface area (Å²) in [5.41, 5.74) is 1.33. The van der Waals surface area contributed by atoms with Gasteiger partial charge in [-0.05, 0) is 38.5 Å². The highest BCUT2D eigenvalue weighted by Crippen LogP contribution is 2.51. The summed E-state index contributed by atoms with van der Waals surface area (Å²) >= 11 is 0. The second kappa shape index (κ2) is 7.06. The second-order valence-corrected chi connectivity index (χ2v) is 9.72. The van der Waals surface area contributed by atoms with Crippen molar-refractivity contribution in [2.45, 2.75) is 71.9 Å². The van der Waals surface area contributed by atoms with E-state index in [-0.39, 0.29) is 0 Å². The normalized spacial score (nSPS) is 28.0. The average molecular weight is 273 g/mol. The van der Waals surface area contributed by atoms with E-state index < -0.39 is 8.56 Å². The van der Waals surface area contributed by atoms with Crippen molar-refractivity contribution in [3.63, 3.8) is 0 Å². The predicted octanol–water partition coefficient (Wildman–Crippen LogP) is 4.74. The molecule has 1 saturated heterocycles. The summed E-state index contributed by atoms with van der Waals surface area (Å²) in [4.78, 5) is 0. The van der Waals surface area contributed by atoms with Gasteiger partial charge in [-0.25, -0.2) is 0 Å². The maximum absolute atomic E-state index is 6.38. The van der Waals surface area contributed by atoms with Crippen LogP contribution in [0.2, 0.25) is 11.1 Å². The first-order chi connectivity index (χ1) is 8.49. The maximum atomic E-state index is 6.38. The number of hydrogen-bond acceptors (Lipinski definition) is 2. The molecule has 1 aliphatic rings. The van der Waals surface area contributed by atoms with Crippen LogP contribution in [0.5, 0.6) is 0 Å². The van der Waals surface area contributed by atoms with Gasteiger partial charge in [0.1, 0.15) is 0 Å². The van der Waals surface area contributed by atoms with Gasteiger partial charge in [-0.1, -0.05) is 34.1 Å². The fourth-order valence-corrected chi connectivity index (χ4v) is 9.22. The molecule has 0 bridgehead atoms. The fourth-order valence-electron chi connectivity index (χ4n) is 3.75. The molecule has 1 aliphatic heterocycles. The van der Waals surface area contributed by atoms with Gasteiger partial charge in [0, 0.05) is 24.3 Å². The van der Waals surface area contributed by atoms with E-state index in [1.165, 1.54) is 19.3 Å². The van der Waals surface area contributed by atoms with Gasteiger partial charge in [0.15, 0.2) is 0 Å². The Kier molecular flexibility index (Phi) is 6.35. The van der Waals surface area contributed by atoms with Crippen molar-refractivity contribution in [1.82, 2.24) is 0 Å². The molecule has 108 valence electrons. The molecule has 2 atom stereocenters. The van der Waals surface area contributed by atoms with E-state index >= 15 is 0 Å². The summed E-state index contributed by atoms with van der Waals surface area (Å²) < 4.78 is 12.8. The molecule has 1 rings (SSSR count). The smallest absolute Gasteiger partial charge is 0.345 e. The van der Waals surface area contributed by atoms with Crippen LogP contribution < -0.4 is 0 Å². The summed E-state index contributed by atoms with van der Waals surface area (Å²) in [6.07, 6.45) is 3.95. The molecule has 2 unspecified atom stereocenters. The van der Waals surface area contributed by atoms with Crippen LogP contribution in [0.1, 0.15) is 60.8 Å². The Hall–Kier alpha value is 0.137. The molecule has 0 saturated carbocycles. The zero-order valence-corrected chi connectivity index (χ0v) is 14.2. The molecule has 0 N–H and O–H groups in total. The molecule has 3 heteroatoms. The molecule has 0 amide bonds. The van der Waals surface area contributed by atoms with Gasteiger partial charge in [-0.2, -0.15) is 0 Å². The first-order valence-corrected chi connectivity index (χ1v) is 9.74. The lowest BCUT2D eigenvalue weighted by Crippen LogP contribution is -2.56. The predicted molar refractivity (Wildman–Crippen MR) is 80.0 cm³/mol. The van der Waals surface area contributed by atoms with Gasteiger partial charge >= 0.3 is 8.56 Å². The minimum Gasteiger partial charge on any atom is -0.394 e. The largest absolute Gasteiger partial charge is 0.394 e. The SMILES string of the molecule is CCO[Si]1(OCC)C(C(C)C)CCCC1C(C)C. The van der Waals surface area contributed by atoms with Crippen LogP contribution in [0.25, 0.3) is 0 Å². The van der Waals surface area contributed by atoms with E-state index in [9.17, 15) is 0 Å². The molecule has 0 spiro atoms. The summed E-state index contributed by atoms with van der Waals surface area (Å²) in [6.45, 7) is 15.2. The summed E-state index contributed by atoms with van der Waals surface area (Å²) in [5.74, 6) is 1.35. The third kappa shape index (κ3) is 3.17. The Morgan fingerprint density at radius 2 is 1.28 bits per heavy atom. The fraction of sp³-hybridized carbons (Fsp3) is 1.00. The lowest BCUT2D eigenvalue weighted by molar-refractivity contribution is 0.131. The van der Waals surface area contributed by atoms with E-state index in [2.05, 4.69) is 41.5 Å². The van der Waals surface area contributed by atoms with Gasteiger partial charge in [-0.3, -0.25) is 0 Å². The standard InChI is InChI=1S/C15H32O2Si/c1-7-16-18(17-8-2)14(12(3)4)10-9-11-15(18)13(5)6/h12-15H,7-11H2,1-6H3. The minimum absolute atomic E-state index is 0.665. The molecule has 1 fully saturated rings. The van der Waals surface area contributed by atoms with Crippen LogP contribution >= 0.6 is 0 Å². The molecule has 0 radical (unpaired) electrons. The molecule has 0 aromatic carbocycles. The van der Waals surface area contributed by atoms with E-state index in [4.69, 9.17) is 8.85 Å². The average Bonchev–Trinajstić information content (AvgIpc) is 2.29. The molecular formula is C15H32O2Si. The first kappa shape index (κ1) is 16.2. The Morgan fingerprint density at radius 1 is 0.889 bits per heavy atom. The molecule has 2 nitrogen and oxygen atoms in total. The molecular weight excluding hydrogens is 240 g/mol. The highest BCUT2D eigenvalue weighted by molar-refractivity contribution is 6.71. The van der Waals surface area contributed by atoms with Crippen molar-refractivity contribution in [3.8, 4) is 0 Å². The van der Waals surface area contributed by atoms with Crippen molar-refractivity contribution in [3.05, 3.63) is 0 Å². The molecule has 18 heavy (non-hydrogen) atoms. The van der Waals surface area contributed by atoms with Gasteiger partial charge in [0.2, 0.25) is 0 Å². The highest BCUT2D eigenvalue weighted by Gasteiger charge is 2.55. The highest BCUT2D eigenvalue weighted by atomic mass is 28.4. The number of hydrogen-bond donors (Lipinski definition) is 0. The van der Waals surface area contributed by atoms with Crippen molar-refractivity contribution in [2.75, 3.05) is 13.2 Å². The molecule has 0 aromatic rings. The van der Waals surface area contributed by atoms with Crippen molar-refractivity contribution < 1.29 is 8.85 Å². The van der Waals surface area contributed by atoms with E-state index in [1.807, 2.05) is 0 Å². The van der Waals surface area contributed by atoms with Crippen LogP contribution in [0.3, 0.4) is 0 Å². The monoisotopic (exact) mass is 272 g/mol. The van der Waals surface area contributed by atoms with Crippen LogP contribution in [-0.4, -0.2) is 21.8 Å². The van der Waals surface area contributed by atoms with Crippen LogP contribution in [-0.2, 0) is 8.85 Å². The van der Waals surface area contributed by atoms with Crippen molar-refractivity contribution in [2.24, 2.45) is 11.8 Å². The van der Waals surface area contributed by atoms with Gasteiger partial charge < -0.3 is 8.85 Å². The third-order valence-electron chi connectivity index (χ3n) is 4.41. The van der Waals surface area contributed by atoms with E-state index in [0.717, 1.165) is 13.2 Å². The molecule has 1 heterocycles. The molecule has 0 aromatic heterocycles. The van der Waals surface area contributed by atoms with Crippen LogP contribution in [0.4, 0.5) is 0 Å². The Morgan fingerprint density at radius 3 is 1.56 bits per heavy atom. The molecule has 0 aliphatic carbocycles. The second-order valence-electron chi connectivity index (χ2n) is 6.22. The zero-order chi connectivity index (χ0) is 13.8. The van der Waals surface area contributed by atoms with Crippen LogP contribution in [0.15, 0.2) is 0 Å². The third-order valence-corrected chi connectivity index (χ3v) is 9.87. The summed E-state index contributed by atoms with van der Waals surface area (Å²) in [6, 6.07) is 0. The van der Waals surface area contributed by atoms with E-state index in [0.29, 0.717) is 22.9 Å². The number of rotatable bonds is 6. The first-order valence-electron chi connectivity index (χ1n) is 7.77. The maximum Gasteiger partial charge on any atom is 0.345 e. The van der Waals surface area contributed by atoms with Gasteiger partial charge in [-0.15, -0.1) is 0 Å². The quantitative estimate of drug-likeness (QED) is 0.650. The lowest BCUT2D eigenvalue weighted by atomic mass is 9.98. The lowest BCUT2D eigenvalue weighted by Gasteiger charge is -2.48. The van der Waals surface area contributed by atoms with Crippen LogP contribution in [0, 0.1) is 11.8 Å². The van der Waals surface area contributed by atoms with Crippen molar-refractivity contribution in [1.29, 1.82) is 0 Å². The van der Waals surface area contributed by atoms with Gasteiger partial charge in [0.25, 0.3) is 0 Å². The Balaban J connectivity index is 3.08. The zero-order valence-electron chi connectivity index (χ0n) is 13.2. The van der Waals surface area contributed by atoms with E-state index in [1.54, 1.807) is 0 Å².